The lowest BCUT2D eigenvalue weighted by Gasteiger charge is -2.17. The Morgan fingerprint density at radius 2 is 2.14 bits per heavy atom. The highest BCUT2D eigenvalue weighted by molar-refractivity contribution is 8.09. The smallest absolute Gasteiger partial charge is 0.193 e. The van der Waals surface area contributed by atoms with Crippen molar-refractivity contribution >= 4 is 28.0 Å². The number of thiazole rings is 1. The molecule has 1 aliphatic rings. The van der Waals surface area contributed by atoms with Crippen LogP contribution in [-0.4, -0.2) is 10.1 Å². The maximum Gasteiger partial charge on any atom is 0.193 e. The van der Waals surface area contributed by atoms with Gasteiger partial charge in [0.05, 0.1) is 21.0 Å². The summed E-state index contributed by atoms with van der Waals surface area (Å²) in [5, 5.41) is 2.16. The first-order valence-corrected chi connectivity index (χ1v) is 5.85. The van der Waals surface area contributed by atoms with Crippen LogP contribution in [0.3, 0.4) is 0 Å². The topological polar surface area (TPSA) is 77.0 Å². The fraction of sp³-hybridized carbons (Fsp3) is 0.375. The third-order valence-corrected chi connectivity index (χ3v) is 4.18. The number of aryl methyl sites for hydroxylation is 1. The zero-order valence-corrected chi connectivity index (χ0v) is 9.63. The molecular formula is C8H12N4S2. The van der Waals surface area contributed by atoms with Gasteiger partial charge in [-0.15, -0.1) is 11.3 Å². The van der Waals surface area contributed by atoms with Gasteiger partial charge in [0.25, 0.3) is 0 Å². The van der Waals surface area contributed by atoms with Crippen LogP contribution in [0.2, 0.25) is 0 Å². The second-order valence-corrected chi connectivity index (χ2v) is 5.38. The van der Waals surface area contributed by atoms with Gasteiger partial charge >= 0.3 is 0 Å². The molecule has 5 N–H and O–H groups in total. The largest absolute Gasteiger partial charge is 0.349 e. The standard InChI is InChI=1S/C8H12N4S2/c1-4-6(13-3-11-4)7-5(2)12-8(9,10)14-7/h3,12H,9-10H2,1-2H3. The van der Waals surface area contributed by atoms with Gasteiger partial charge in [-0.25, -0.2) is 4.98 Å². The second-order valence-electron chi connectivity index (χ2n) is 3.24. The fourth-order valence-corrected chi connectivity index (χ4v) is 3.41. The molecule has 76 valence electrons. The molecule has 2 heterocycles. The van der Waals surface area contributed by atoms with E-state index in [-0.39, 0.29) is 0 Å². The molecule has 2 rings (SSSR count). The van der Waals surface area contributed by atoms with E-state index in [0.29, 0.717) is 0 Å². The molecule has 1 aliphatic heterocycles. The fourth-order valence-electron chi connectivity index (χ4n) is 1.36. The Bertz CT molecular complexity index is 394. The van der Waals surface area contributed by atoms with Crippen LogP contribution in [0.25, 0.3) is 4.91 Å². The monoisotopic (exact) mass is 228 g/mol. The molecule has 1 aromatic rings. The van der Waals surface area contributed by atoms with Gasteiger partial charge in [-0.1, -0.05) is 11.8 Å². The molecule has 6 heteroatoms. The summed E-state index contributed by atoms with van der Waals surface area (Å²) in [7, 11) is 0. The summed E-state index contributed by atoms with van der Waals surface area (Å²) in [6.07, 6.45) is 0. The minimum absolute atomic E-state index is 0.879. The molecule has 0 radical (unpaired) electrons. The van der Waals surface area contributed by atoms with E-state index in [1.807, 2.05) is 19.4 Å². The third kappa shape index (κ3) is 1.66. The molecule has 0 spiro atoms. The van der Waals surface area contributed by atoms with Crippen molar-refractivity contribution in [3.8, 4) is 0 Å². The first-order valence-electron chi connectivity index (χ1n) is 4.16. The van der Waals surface area contributed by atoms with E-state index in [9.17, 15) is 0 Å². The molecule has 0 fully saturated rings. The van der Waals surface area contributed by atoms with Crippen molar-refractivity contribution in [2.75, 3.05) is 0 Å². The Balaban J connectivity index is 2.38. The van der Waals surface area contributed by atoms with E-state index in [1.54, 1.807) is 11.3 Å². The number of hydrogen-bond donors (Lipinski definition) is 3. The van der Waals surface area contributed by atoms with Gasteiger partial charge in [-0.05, 0) is 13.8 Å². The number of hydrogen-bond acceptors (Lipinski definition) is 6. The number of aromatic nitrogens is 1. The van der Waals surface area contributed by atoms with Crippen LogP contribution in [0.4, 0.5) is 0 Å². The molecule has 0 saturated heterocycles. The Hall–Kier alpha value is -0.560. The SMILES string of the molecule is CC1=C(c2scnc2C)SC(N)(N)N1. The molecule has 0 amide bonds. The minimum atomic E-state index is -0.879. The number of thioether (sulfide) groups is 1. The number of nitrogens with zero attached hydrogens (tertiary/aromatic N) is 1. The molecular weight excluding hydrogens is 216 g/mol. The van der Waals surface area contributed by atoms with Crippen LogP contribution in [0, 0.1) is 6.92 Å². The van der Waals surface area contributed by atoms with Crippen molar-refractivity contribution in [2.45, 2.75) is 19.0 Å². The summed E-state index contributed by atoms with van der Waals surface area (Å²) in [6, 6.07) is 0. The first-order chi connectivity index (χ1) is 6.49. The summed E-state index contributed by atoms with van der Waals surface area (Å²) >= 11 is 3.05. The summed E-state index contributed by atoms with van der Waals surface area (Å²) in [4.78, 5) is 6.46. The highest BCUT2D eigenvalue weighted by atomic mass is 32.2. The normalized spacial score (nSPS) is 20.0. The Kier molecular flexibility index (Phi) is 2.30. The van der Waals surface area contributed by atoms with Crippen LogP contribution in [0.15, 0.2) is 11.2 Å². The summed E-state index contributed by atoms with van der Waals surface area (Å²) in [6.45, 7) is 3.96. The van der Waals surface area contributed by atoms with Crippen molar-refractivity contribution in [1.82, 2.24) is 10.3 Å². The van der Waals surface area contributed by atoms with Gasteiger partial charge in [0, 0.05) is 5.70 Å². The highest BCUT2D eigenvalue weighted by Crippen LogP contribution is 2.41. The lowest BCUT2D eigenvalue weighted by molar-refractivity contribution is 0.569. The Morgan fingerprint density at radius 3 is 2.57 bits per heavy atom. The number of allylic oxidation sites excluding steroid dienone is 1. The molecule has 0 saturated carbocycles. The van der Waals surface area contributed by atoms with Crippen molar-refractivity contribution in [3.05, 3.63) is 21.8 Å². The molecule has 0 bridgehead atoms. The molecule has 0 unspecified atom stereocenters. The molecule has 0 aliphatic carbocycles. The zero-order chi connectivity index (χ0) is 10.3. The molecule has 0 aromatic carbocycles. The number of rotatable bonds is 1. The van der Waals surface area contributed by atoms with Gasteiger partial charge in [-0.3, -0.25) is 11.5 Å². The Morgan fingerprint density at radius 1 is 1.43 bits per heavy atom. The van der Waals surface area contributed by atoms with Crippen molar-refractivity contribution in [2.24, 2.45) is 11.5 Å². The van der Waals surface area contributed by atoms with Gasteiger partial charge in [0.1, 0.15) is 0 Å². The van der Waals surface area contributed by atoms with Crippen molar-refractivity contribution in [3.63, 3.8) is 0 Å². The molecule has 0 atom stereocenters. The lowest BCUT2D eigenvalue weighted by atomic mass is 10.3. The maximum atomic E-state index is 5.79. The number of nitrogens with one attached hydrogen (secondary N) is 1. The van der Waals surface area contributed by atoms with Crippen LogP contribution < -0.4 is 16.8 Å². The lowest BCUT2D eigenvalue weighted by Crippen LogP contribution is -2.54. The van der Waals surface area contributed by atoms with Crippen LogP contribution in [0.5, 0.6) is 0 Å². The average Bonchev–Trinajstić information content (AvgIpc) is 2.55. The highest BCUT2D eigenvalue weighted by Gasteiger charge is 2.32. The quantitative estimate of drug-likeness (QED) is 0.625. The summed E-state index contributed by atoms with van der Waals surface area (Å²) < 4.78 is 0. The van der Waals surface area contributed by atoms with Crippen molar-refractivity contribution < 1.29 is 0 Å². The van der Waals surface area contributed by atoms with Gasteiger partial charge in [0.15, 0.2) is 5.12 Å². The van der Waals surface area contributed by atoms with E-state index in [0.717, 1.165) is 21.2 Å². The predicted octanol–water partition coefficient (Wildman–Crippen LogP) is 1.01. The third-order valence-electron chi connectivity index (χ3n) is 1.95. The average molecular weight is 228 g/mol. The zero-order valence-electron chi connectivity index (χ0n) is 8.00. The van der Waals surface area contributed by atoms with E-state index in [4.69, 9.17) is 11.5 Å². The Labute approximate surface area is 90.8 Å². The summed E-state index contributed by atoms with van der Waals surface area (Å²) in [5.41, 5.74) is 15.5. The van der Waals surface area contributed by atoms with E-state index < -0.39 is 5.12 Å². The molecule has 4 nitrogen and oxygen atoms in total. The van der Waals surface area contributed by atoms with Crippen LogP contribution in [-0.2, 0) is 0 Å². The molecule has 14 heavy (non-hydrogen) atoms. The van der Waals surface area contributed by atoms with Gasteiger partial charge in [-0.2, -0.15) is 0 Å². The van der Waals surface area contributed by atoms with Crippen LogP contribution >= 0.6 is 23.1 Å². The van der Waals surface area contributed by atoms with Gasteiger partial charge < -0.3 is 5.32 Å². The minimum Gasteiger partial charge on any atom is -0.349 e. The van der Waals surface area contributed by atoms with E-state index in [2.05, 4.69) is 10.3 Å². The summed E-state index contributed by atoms with van der Waals surface area (Å²) in [5.74, 6) is 0. The maximum absolute atomic E-state index is 5.79. The number of nitrogens with two attached hydrogens (primary N) is 2. The van der Waals surface area contributed by atoms with E-state index >= 15 is 0 Å². The first kappa shape index (κ1) is 9.97. The van der Waals surface area contributed by atoms with Gasteiger partial charge in [0.2, 0.25) is 0 Å². The molecule has 1 aromatic heterocycles. The van der Waals surface area contributed by atoms with E-state index in [1.165, 1.54) is 11.8 Å². The van der Waals surface area contributed by atoms with Crippen molar-refractivity contribution in [1.29, 1.82) is 0 Å². The predicted molar refractivity (Wildman–Crippen MR) is 61.3 cm³/mol. The second kappa shape index (κ2) is 3.23. The van der Waals surface area contributed by atoms with Crippen LogP contribution in [0.1, 0.15) is 17.5 Å².